The molecule has 1 N–H and O–H groups in total. The van der Waals surface area contributed by atoms with E-state index in [0.717, 1.165) is 13.0 Å². The second-order valence-corrected chi connectivity index (χ2v) is 6.73. The number of hydrogen-bond acceptors (Lipinski definition) is 2. The molecule has 1 atom stereocenters. The van der Waals surface area contributed by atoms with E-state index in [1.165, 1.54) is 0 Å². The molecule has 0 aromatic carbocycles. The summed E-state index contributed by atoms with van der Waals surface area (Å²) < 4.78 is 0. The SMILES string of the molecule is CCC1(C)CN(C(C)(C)C)C(=O)C(C)(C)N1. The van der Waals surface area contributed by atoms with Crippen molar-refractivity contribution < 1.29 is 4.79 Å². The highest BCUT2D eigenvalue weighted by atomic mass is 16.2. The molecular formula is C13H26N2O. The van der Waals surface area contributed by atoms with E-state index in [9.17, 15) is 4.79 Å². The number of amides is 1. The van der Waals surface area contributed by atoms with Crippen molar-refractivity contribution >= 4 is 5.91 Å². The number of carbonyl (C=O) groups is 1. The van der Waals surface area contributed by atoms with Crippen molar-refractivity contribution in [2.45, 2.75) is 71.5 Å². The predicted octanol–water partition coefficient (Wildman–Crippen LogP) is 2.16. The van der Waals surface area contributed by atoms with Crippen LogP contribution in [0.15, 0.2) is 0 Å². The maximum absolute atomic E-state index is 12.4. The van der Waals surface area contributed by atoms with Gasteiger partial charge in [0.1, 0.15) is 0 Å². The molecule has 1 aliphatic heterocycles. The summed E-state index contributed by atoms with van der Waals surface area (Å²) in [5.41, 5.74) is -0.548. The number of rotatable bonds is 1. The van der Waals surface area contributed by atoms with Crippen molar-refractivity contribution in [2.24, 2.45) is 0 Å². The number of nitrogens with one attached hydrogen (secondary N) is 1. The monoisotopic (exact) mass is 226 g/mol. The molecule has 0 bridgehead atoms. The second kappa shape index (κ2) is 3.73. The van der Waals surface area contributed by atoms with Crippen molar-refractivity contribution in [1.82, 2.24) is 10.2 Å². The Morgan fingerprint density at radius 1 is 1.31 bits per heavy atom. The Balaban J connectivity index is 3.07. The van der Waals surface area contributed by atoms with Crippen molar-refractivity contribution in [2.75, 3.05) is 6.54 Å². The molecule has 0 aromatic heterocycles. The summed E-state index contributed by atoms with van der Waals surface area (Å²) in [5.74, 6) is 0.200. The molecule has 1 amide bonds. The zero-order chi connectivity index (χ0) is 12.8. The summed E-state index contributed by atoms with van der Waals surface area (Å²) in [4.78, 5) is 14.4. The van der Waals surface area contributed by atoms with Crippen molar-refractivity contribution in [3.63, 3.8) is 0 Å². The smallest absolute Gasteiger partial charge is 0.242 e. The van der Waals surface area contributed by atoms with Crippen LogP contribution in [-0.4, -0.2) is 34.0 Å². The van der Waals surface area contributed by atoms with E-state index in [4.69, 9.17) is 0 Å². The fourth-order valence-electron chi connectivity index (χ4n) is 2.35. The minimum absolute atomic E-state index is 0.0185. The van der Waals surface area contributed by atoms with Crippen molar-refractivity contribution in [3.8, 4) is 0 Å². The van der Waals surface area contributed by atoms with Crippen LogP contribution in [-0.2, 0) is 4.79 Å². The van der Waals surface area contributed by atoms with Crippen LogP contribution in [0.2, 0.25) is 0 Å². The Labute approximate surface area is 99.6 Å². The van der Waals surface area contributed by atoms with Gasteiger partial charge in [-0.1, -0.05) is 6.92 Å². The Morgan fingerprint density at radius 2 is 1.81 bits per heavy atom. The van der Waals surface area contributed by atoms with E-state index in [2.05, 4.69) is 39.9 Å². The van der Waals surface area contributed by atoms with E-state index >= 15 is 0 Å². The van der Waals surface area contributed by atoms with Crippen LogP contribution in [0.3, 0.4) is 0 Å². The van der Waals surface area contributed by atoms with Gasteiger partial charge in [0.05, 0.1) is 5.54 Å². The first kappa shape index (κ1) is 13.5. The quantitative estimate of drug-likeness (QED) is 0.743. The average molecular weight is 226 g/mol. The molecule has 0 spiro atoms. The standard InChI is InChI=1S/C13H26N2O/c1-8-13(7)9-15(11(2,3)4)10(16)12(5,6)14-13/h14H,8-9H2,1-7H3. The summed E-state index contributed by atoms with van der Waals surface area (Å²) in [5, 5.41) is 3.48. The molecule has 1 fully saturated rings. The van der Waals surface area contributed by atoms with E-state index in [-0.39, 0.29) is 17.0 Å². The highest BCUT2D eigenvalue weighted by molar-refractivity contribution is 5.87. The molecule has 1 unspecified atom stereocenters. The van der Waals surface area contributed by atoms with Crippen LogP contribution >= 0.6 is 0 Å². The van der Waals surface area contributed by atoms with Gasteiger partial charge in [-0.3, -0.25) is 10.1 Å². The van der Waals surface area contributed by atoms with Crippen molar-refractivity contribution in [3.05, 3.63) is 0 Å². The first-order chi connectivity index (χ1) is 7.02. The van der Waals surface area contributed by atoms with E-state index in [0.29, 0.717) is 0 Å². The maximum Gasteiger partial charge on any atom is 0.242 e. The van der Waals surface area contributed by atoms with Gasteiger partial charge in [0.25, 0.3) is 0 Å². The molecule has 3 heteroatoms. The Hall–Kier alpha value is -0.570. The maximum atomic E-state index is 12.4. The van der Waals surface area contributed by atoms with Crippen LogP contribution in [0.5, 0.6) is 0 Å². The van der Waals surface area contributed by atoms with E-state index in [1.54, 1.807) is 0 Å². The lowest BCUT2D eigenvalue weighted by Gasteiger charge is -2.53. The summed E-state index contributed by atoms with van der Waals surface area (Å²) >= 11 is 0. The van der Waals surface area contributed by atoms with Crippen LogP contribution in [0.1, 0.15) is 54.9 Å². The lowest BCUT2D eigenvalue weighted by molar-refractivity contribution is -0.150. The molecule has 1 heterocycles. The topological polar surface area (TPSA) is 32.3 Å². The number of hydrogen-bond donors (Lipinski definition) is 1. The van der Waals surface area contributed by atoms with E-state index < -0.39 is 5.54 Å². The van der Waals surface area contributed by atoms with Gasteiger partial charge in [0.2, 0.25) is 5.91 Å². The van der Waals surface area contributed by atoms with E-state index in [1.807, 2.05) is 18.7 Å². The largest absolute Gasteiger partial charge is 0.334 e. The van der Waals surface area contributed by atoms with Crippen LogP contribution in [0.25, 0.3) is 0 Å². The molecule has 1 saturated heterocycles. The number of piperazine rings is 1. The third-order valence-electron chi connectivity index (χ3n) is 3.49. The van der Waals surface area contributed by atoms with Crippen LogP contribution in [0, 0.1) is 0 Å². The van der Waals surface area contributed by atoms with Crippen LogP contribution in [0.4, 0.5) is 0 Å². The fourth-order valence-corrected chi connectivity index (χ4v) is 2.35. The van der Waals surface area contributed by atoms with Crippen molar-refractivity contribution in [1.29, 1.82) is 0 Å². The normalized spacial score (nSPS) is 30.7. The highest BCUT2D eigenvalue weighted by Crippen LogP contribution is 2.29. The lowest BCUT2D eigenvalue weighted by atomic mass is 9.85. The minimum Gasteiger partial charge on any atom is -0.334 e. The van der Waals surface area contributed by atoms with Gasteiger partial charge >= 0.3 is 0 Å². The van der Waals surface area contributed by atoms with Gasteiger partial charge in [-0.2, -0.15) is 0 Å². The van der Waals surface area contributed by atoms with Gasteiger partial charge in [-0.25, -0.2) is 0 Å². The molecule has 94 valence electrons. The highest BCUT2D eigenvalue weighted by Gasteiger charge is 2.47. The summed E-state index contributed by atoms with van der Waals surface area (Å²) in [6.07, 6.45) is 1.02. The Kier molecular flexibility index (Phi) is 3.14. The number of carbonyl (C=O) groups excluding carboxylic acids is 1. The molecular weight excluding hydrogens is 200 g/mol. The molecule has 1 aliphatic rings. The molecule has 0 aromatic rings. The van der Waals surface area contributed by atoms with Gasteiger partial charge in [-0.15, -0.1) is 0 Å². The Bertz CT molecular complexity index is 291. The van der Waals surface area contributed by atoms with Crippen LogP contribution < -0.4 is 5.32 Å². The van der Waals surface area contributed by atoms with Gasteiger partial charge in [-0.05, 0) is 48.0 Å². The molecule has 16 heavy (non-hydrogen) atoms. The predicted molar refractivity (Wildman–Crippen MR) is 67.4 cm³/mol. The lowest BCUT2D eigenvalue weighted by Crippen LogP contribution is -2.73. The molecule has 3 nitrogen and oxygen atoms in total. The first-order valence-corrected chi connectivity index (χ1v) is 6.13. The summed E-state index contributed by atoms with van der Waals surface area (Å²) in [7, 11) is 0. The molecule has 0 radical (unpaired) electrons. The summed E-state index contributed by atoms with van der Waals surface area (Å²) in [6.45, 7) is 15.4. The first-order valence-electron chi connectivity index (χ1n) is 6.13. The number of nitrogens with zero attached hydrogens (tertiary/aromatic N) is 1. The molecule has 0 aliphatic carbocycles. The molecule has 0 saturated carbocycles. The van der Waals surface area contributed by atoms with Gasteiger partial charge < -0.3 is 4.90 Å². The third kappa shape index (κ3) is 2.40. The molecule has 1 rings (SSSR count). The summed E-state index contributed by atoms with van der Waals surface area (Å²) in [6, 6.07) is 0. The minimum atomic E-state index is -0.462. The Morgan fingerprint density at radius 3 is 2.19 bits per heavy atom. The second-order valence-electron chi connectivity index (χ2n) is 6.73. The zero-order valence-electron chi connectivity index (χ0n) is 11.8. The fraction of sp³-hybridized carbons (Fsp3) is 0.923. The zero-order valence-corrected chi connectivity index (χ0v) is 11.8. The van der Waals surface area contributed by atoms with Gasteiger partial charge in [0.15, 0.2) is 0 Å². The third-order valence-corrected chi connectivity index (χ3v) is 3.49. The van der Waals surface area contributed by atoms with Gasteiger partial charge in [0, 0.05) is 17.6 Å². The average Bonchev–Trinajstić information content (AvgIpc) is 2.09.